The van der Waals surface area contributed by atoms with Crippen LogP contribution < -0.4 is 11.1 Å². The predicted molar refractivity (Wildman–Crippen MR) is 62.7 cm³/mol. The fraction of sp³-hybridized carbons (Fsp3) is 0.900. The fourth-order valence-corrected chi connectivity index (χ4v) is 3.42. The van der Waals surface area contributed by atoms with E-state index in [1.165, 1.54) is 0 Å². The maximum atomic E-state index is 11.6. The second-order valence-corrected chi connectivity index (χ2v) is 7.01. The molecule has 0 bridgehead atoms. The largest absolute Gasteiger partial charge is 0.353 e. The number of carbonyl (C=O) groups excluding carboxylic acids is 1. The number of hydrogen-bond donors (Lipinski definition) is 2. The lowest BCUT2D eigenvalue weighted by atomic mass is 9.99. The van der Waals surface area contributed by atoms with Crippen molar-refractivity contribution in [2.24, 2.45) is 5.73 Å². The molecule has 5 nitrogen and oxygen atoms in total. The smallest absolute Gasteiger partial charge is 0.239 e. The highest BCUT2D eigenvalue weighted by Gasteiger charge is 2.33. The Balaban J connectivity index is 2.50. The van der Waals surface area contributed by atoms with E-state index >= 15 is 0 Å². The van der Waals surface area contributed by atoms with Crippen LogP contribution >= 0.6 is 0 Å². The van der Waals surface area contributed by atoms with E-state index in [0.717, 1.165) is 0 Å². The van der Waals surface area contributed by atoms with Crippen molar-refractivity contribution in [3.63, 3.8) is 0 Å². The molecule has 0 spiro atoms. The van der Waals surface area contributed by atoms with Crippen LogP contribution in [0.15, 0.2) is 0 Å². The first-order chi connectivity index (χ1) is 7.29. The van der Waals surface area contributed by atoms with Gasteiger partial charge in [-0.25, -0.2) is 8.42 Å². The predicted octanol–water partition coefficient (Wildman–Crippen LogP) is -0.193. The Hall–Kier alpha value is -0.620. The minimum Gasteiger partial charge on any atom is -0.353 e. The molecule has 16 heavy (non-hydrogen) atoms. The third-order valence-electron chi connectivity index (χ3n) is 3.21. The highest BCUT2D eigenvalue weighted by atomic mass is 32.2. The number of hydrogen-bond acceptors (Lipinski definition) is 4. The highest BCUT2D eigenvalue weighted by molar-refractivity contribution is 7.92. The van der Waals surface area contributed by atoms with E-state index in [2.05, 4.69) is 5.32 Å². The average molecular weight is 248 g/mol. The van der Waals surface area contributed by atoms with Gasteiger partial charge in [0.25, 0.3) is 0 Å². The molecular formula is C10H20N2O3S. The average Bonchev–Trinajstić information content (AvgIpc) is 2.54. The van der Waals surface area contributed by atoms with Crippen LogP contribution in [0.5, 0.6) is 0 Å². The molecular weight excluding hydrogens is 228 g/mol. The summed E-state index contributed by atoms with van der Waals surface area (Å²) in [6, 6.07) is 0. The van der Waals surface area contributed by atoms with Crippen molar-refractivity contribution in [2.45, 2.75) is 43.9 Å². The Kier molecular flexibility index (Phi) is 3.96. The lowest BCUT2D eigenvalue weighted by Crippen LogP contribution is -2.52. The van der Waals surface area contributed by atoms with Crippen LogP contribution in [0, 0.1) is 0 Å². The fourth-order valence-electron chi connectivity index (χ4n) is 1.66. The zero-order valence-electron chi connectivity index (χ0n) is 9.82. The third kappa shape index (κ3) is 2.95. The maximum absolute atomic E-state index is 11.6. The summed E-state index contributed by atoms with van der Waals surface area (Å²) in [5.41, 5.74) is 4.84. The maximum Gasteiger partial charge on any atom is 0.239 e. The normalized spacial score (nSPS) is 27.3. The SMILES string of the molecule is CCC(C)(N)C(=O)NCC1CCCS1(=O)=O. The molecule has 0 saturated carbocycles. The molecule has 1 aliphatic rings. The minimum atomic E-state index is -2.99. The molecule has 1 saturated heterocycles. The molecule has 2 atom stereocenters. The zero-order valence-corrected chi connectivity index (χ0v) is 10.6. The number of amides is 1. The summed E-state index contributed by atoms with van der Waals surface area (Å²) < 4.78 is 23.0. The quantitative estimate of drug-likeness (QED) is 0.721. The topological polar surface area (TPSA) is 89.3 Å². The summed E-state index contributed by atoms with van der Waals surface area (Å²) >= 11 is 0. The van der Waals surface area contributed by atoms with E-state index in [1.807, 2.05) is 6.92 Å². The van der Waals surface area contributed by atoms with Gasteiger partial charge in [-0.3, -0.25) is 4.79 Å². The van der Waals surface area contributed by atoms with Crippen LogP contribution in [0.1, 0.15) is 33.1 Å². The van der Waals surface area contributed by atoms with Gasteiger partial charge in [0.2, 0.25) is 5.91 Å². The van der Waals surface area contributed by atoms with Gasteiger partial charge in [0.15, 0.2) is 9.84 Å². The molecule has 0 aromatic carbocycles. The first-order valence-electron chi connectivity index (χ1n) is 5.58. The molecule has 0 aromatic heterocycles. The Morgan fingerprint density at radius 2 is 2.19 bits per heavy atom. The summed E-state index contributed by atoms with van der Waals surface area (Å²) in [5, 5.41) is 2.20. The number of nitrogens with two attached hydrogens (primary N) is 1. The zero-order chi connectivity index (χ0) is 12.4. The van der Waals surface area contributed by atoms with Crippen molar-refractivity contribution >= 4 is 15.7 Å². The Morgan fingerprint density at radius 3 is 2.62 bits per heavy atom. The molecule has 2 unspecified atom stereocenters. The molecule has 6 heteroatoms. The molecule has 1 heterocycles. The molecule has 3 N–H and O–H groups in total. The lowest BCUT2D eigenvalue weighted by molar-refractivity contribution is -0.125. The number of sulfone groups is 1. The summed E-state index contributed by atoms with van der Waals surface area (Å²) in [5.74, 6) is -0.0432. The monoisotopic (exact) mass is 248 g/mol. The van der Waals surface area contributed by atoms with E-state index < -0.39 is 20.6 Å². The molecule has 1 aliphatic heterocycles. The van der Waals surface area contributed by atoms with Crippen molar-refractivity contribution in [3.8, 4) is 0 Å². The Bertz CT molecular complexity index is 362. The van der Waals surface area contributed by atoms with Gasteiger partial charge in [-0.15, -0.1) is 0 Å². The van der Waals surface area contributed by atoms with Gasteiger partial charge < -0.3 is 11.1 Å². The standard InChI is InChI=1S/C10H20N2O3S/c1-3-10(2,11)9(13)12-7-8-5-4-6-16(8,14)15/h8H,3-7,11H2,1-2H3,(H,12,13). The molecule has 0 radical (unpaired) electrons. The molecule has 1 rings (SSSR count). The van der Waals surface area contributed by atoms with E-state index in [9.17, 15) is 13.2 Å². The molecule has 1 fully saturated rings. The highest BCUT2D eigenvalue weighted by Crippen LogP contribution is 2.19. The summed E-state index contributed by atoms with van der Waals surface area (Å²) in [6.45, 7) is 3.66. The summed E-state index contributed by atoms with van der Waals surface area (Å²) in [4.78, 5) is 11.6. The number of nitrogens with one attached hydrogen (secondary N) is 1. The van der Waals surface area contributed by atoms with Gasteiger partial charge in [0.1, 0.15) is 0 Å². The summed E-state index contributed by atoms with van der Waals surface area (Å²) in [6.07, 6.45) is 1.85. The molecule has 1 amide bonds. The van der Waals surface area contributed by atoms with Crippen LogP contribution in [0.3, 0.4) is 0 Å². The van der Waals surface area contributed by atoms with E-state index in [4.69, 9.17) is 5.73 Å². The Morgan fingerprint density at radius 1 is 1.56 bits per heavy atom. The lowest BCUT2D eigenvalue weighted by Gasteiger charge is -2.22. The van der Waals surface area contributed by atoms with E-state index in [1.54, 1.807) is 6.92 Å². The second-order valence-electron chi connectivity index (χ2n) is 4.61. The van der Waals surface area contributed by atoms with Gasteiger partial charge in [-0.05, 0) is 26.2 Å². The Labute approximate surface area is 96.7 Å². The van der Waals surface area contributed by atoms with Gasteiger partial charge in [0, 0.05) is 6.54 Å². The van der Waals surface area contributed by atoms with Crippen molar-refractivity contribution in [3.05, 3.63) is 0 Å². The molecule has 0 aliphatic carbocycles. The first-order valence-corrected chi connectivity index (χ1v) is 7.30. The van der Waals surface area contributed by atoms with Gasteiger partial charge >= 0.3 is 0 Å². The van der Waals surface area contributed by atoms with Crippen LogP contribution in [-0.4, -0.2) is 37.4 Å². The molecule has 94 valence electrons. The number of carbonyl (C=O) groups is 1. The van der Waals surface area contributed by atoms with Crippen molar-refractivity contribution < 1.29 is 13.2 Å². The van der Waals surface area contributed by atoms with Crippen molar-refractivity contribution in [2.75, 3.05) is 12.3 Å². The van der Waals surface area contributed by atoms with Crippen molar-refractivity contribution in [1.29, 1.82) is 0 Å². The van der Waals surface area contributed by atoms with Crippen LogP contribution in [-0.2, 0) is 14.6 Å². The van der Waals surface area contributed by atoms with Crippen molar-refractivity contribution in [1.82, 2.24) is 5.32 Å². The van der Waals surface area contributed by atoms with Crippen LogP contribution in [0.2, 0.25) is 0 Å². The first kappa shape index (κ1) is 13.4. The van der Waals surface area contributed by atoms with Gasteiger partial charge in [0.05, 0.1) is 16.5 Å². The van der Waals surface area contributed by atoms with Crippen LogP contribution in [0.4, 0.5) is 0 Å². The van der Waals surface area contributed by atoms with Gasteiger partial charge in [-0.1, -0.05) is 6.92 Å². The van der Waals surface area contributed by atoms with E-state index in [-0.39, 0.29) is 18.2 Å². The van der Waals surface area contributed by atoms with Crippen LogP contribution in [0.25, 0.3) is 0 Å². The molecule has 0 aromatic rings. The van der Waals surface area contributed by atoms with Gasteiger partial charge in [-0.2, -0.15) is 0 Å². The minimum absolute atomic E-state index is 0.188. The third-order valence-corrected chi connectivity index (χ3v) is 5.48. The summed E-state index contributed by atoms with van der Waals surface area (Å²) in [7, 11) is -2.99. The number of rotatable bonds is 4. The second kappa shape index (κ2) is 4.71. The van der Waals surface area contributed by atoms with E-state index in [0.29, 0.717) is 19.3 Å².